The number of carbonyl (C=O) groups is 4. The molecule has 3 heterocycles. The van der Waals surface area contributed by atoms with Gasteiger partial charge in [0.1, 0.15) is 6.04 Å². The summed E-state index contributed by atoms with van der Waals surface area (Å²) in [5, 5.41) is 6.30. The van der Waals surface area contributed by atoms with Gasteiger partial charge in [-0.05, 0) is 43.4 Å². The highest BCUT2D eigenvalue weighted by Crippen LogP contribution is 2.31. The van der Waals surface area contributed by atoms with Crippen LogP contribution < -0.4 is 16.4 Å². The van der Waals surface area contributed by atoms with Crippen LogP contribution in [0.5, 0.6) is 0 Å². The lowest BCUT2D eigenvalue weighted by atomic mass is 9.99. The largest absolute Gasteiger partial charge is 0.357 e. The molecule has 1 aromatic heterocycles. The van der Waals surface area contributed by atoms with Crippen molar-refractivity contribution in [2.45, 2.75) is 50.7 Å². The zero-order valence-electron chi connectivity index (χ0n) is 16.6. The predicted molar refractivity (Wildman–Crippen MR) is 113 cm³/mol. The van der Waals surface area contributed by atoms with Crippen molar-refractivity contribution >= 4 is 40.1 Å². The number of aryl methyl sites for hydroxylation is 1. The number of nitrogens with two attached hydrogens (primary N) is 1. The molecule has 2 atom stereocenters. The van der Waals surface area contributed by atoms with E-state index in [1.807, 2.05) is 0 Å². The third-order valence-corrected chi connectivity index (χ3v) is 7.00. The van der Waals surface area contributed by atoms with Crippen molar-refractivity contribution in [1.82, 2.24) is 15.2 Å². The quantitative estimate of drug-likeness (QED) is 0.604. The first-order valence-electron chi connectivity index (χ1n) is 10.2. The van der Waals surface area contributed by atoms with E-state index < -0.39 is 29.7 Å². The molecule has 9 nitrogen and oxygen atoms in total. The van der Waals surface area contributed by atoms with Crippen molar-refractivity contribution in [3.63, 3.8) is 0 Å². The number of rotatable bonds is 4. The molecular weight excluding hydrogens is 418 g/mol. The third-order valence-electron chi connectivity index (χ3n) is 5.93. The highest BCUT2D eigenvalue weighted by molar-refractivity contribution is 7.15. The van der Waals surface area contributed by atoms with Gasteiger partial charge >= 0.3 is 0 Å². The van der Waals surface area contributed by atoms with Crippen LogP contribution in [0.3, 0.4) is 0 Å². The number of benzene rings is 1. The Balaban J connectivity index is 1.31. The number of nitrogens with one attached hydrogen (secondary N) is 2. The molecule has 0 saturated carbocycles. The van der Waals surface area contributed by atoms with Gasteiger partial charge in [-0.1, -0.05) is 6.07 Å². The lowest BCUT2D eigenvalue weighted by Crippen LogP contribution is -2.54. The maximum atomic E-state index is 12.9. The summed E-state index contributed by atoms with van der Waals surface area (Å²) in [4.78, 5) is 56.1. The molecule has 3 aliphatic rings. The molecule has 1 unspecified atom stereocenters. The van der Waals surface area contributed by atoms with Crippen molar-refractivity contribution < 1.29 is 19.2 Å². The van der Waals surface area contributed by atoms with Gasteiger partial charge in [0.2, 0.25) is 11.8 Å². The minimum absolute atomic E-state index is 0.0989. The minimum Gasteiger partial charge on any atom is -0.357 e. The van der Waals surface area contributed by atoms with Gasteiger partial charge in [0.05, 0.1) is 16.8 Å². The van der Waals surface area contributed by atoms with Crippen molar-refractivity contribution in [3.8, 4) is 0 Å². The van der Waals surface area contributed by atoms with E-state index >= 15 is 0 Å². The smallest absolute Gasteiger partial charge is 0.262 e. The molecule has 4 amide bonds. The van der Waals surface area contributed by atoms with E-state index in [9.17, 15) is 19.2 Å². The number of aromatic nitrogens is 1. The first-order valence-corrected chi connectivity index (χ1v) is 11.0. The van der Waals surface area contributed by atoms with Crippen molar-refractivity contribution in [3.05, 3.63) is 45.5 Å². The molecule has 4 N–H and O–H groups in total. The predicted octanol–water partition coefficient (Wildman–Crippen LogP) is 0.972. The molecule has 0 radical (unpaired) electrons. The van der Waals surface area contributed by atoms with Crippen LogP contribution in [-0.4, -0.2) is 45.6 Å². The summed E-state index contributed by atoms with van der Waals surface area (Å²) in [6.07, 6.45) is 2.92. The molecule has 2 aromatic rings. The van der Waals surface area contributed by atoms with E-state index in [1.165, 1.54) is 4.88 Å². The number of thiazole rings is 1. The van der Waals surface area contributed by atoms with Crippen molar-refractivity contribution in [2.75, 3.05) is 5.32 Å². The summed E-state index contributed by atoms with van der Waals surface area (Å²) < 4.78 is 0. The standard InChI is InChI=1S/C21H21N5O4S/c22-11-2-4-14-16(8-11)31-21(24-14)23-9-10-1-3-12-13(7-10)20(30)26(19(12)29)15-5-6-17(27)25-18(15)28/h1,3,7,11,15H,2,4-6,8-9,22H2,(H,23,24)(H,25,27,28)/t11-,15?/m1/s1. The van der Waals surface area contributed by atoms with Crippen LogP contribution in [0.1, 0.15) is 56.1 Å². The summed E-state index contributed by atoms with van der Waals surface area (Å²) in [5.74, 6) is -2.01. The van der Waals surface area contributed by atoms with Gasteiger partial charge in [-0.2, -0.15) is 0 Å². The lowest BCUT2D eigenvalue weighted by molar-refractivity contribution is -0.136. The Kier molecular flexibility index (Phi) is 4.82. The number of hydrogen-bond acceptors (Lipinski definition) is 8. The SMILES string of the molecule is N[C@@H]1CCc2nc(NCc3ccc4c(c3)C(=O)N(C3CCC(=O)NC3=O)C4=O)sc2C1. The van der Waals surface area contributed by atoms with Crippen LogP contribution in [0.2, 0.25) is 0 Å². The topological polar surface area (TPSA) is 134 Å². The van der Waals surface area contributed by atoms with Crippen LogP contribution in [-0.2, 0) is 29.0 Å². The van der Waals surface area contributed by atoms with E-state index in [1.54, 1.807) is 29.5 Å². The van der Waals surface area contributed by atoms with Crippen molar-refractivity contribution in [1.29, 1.82) is 0 Å². The molecule has 1 aliphatic carbocycles. The molecule has 1 aromatic carbocycles. The summed E-state index contributed by atoms with van der Waals surface area (Å²) >= 11 is 1.60. The number of nitrogens with zero attached hydrogens (tertiary/aromatic N) is 2. The summed E-state index contributed by atoms with van der Waals surface area (Å²) in [6.45, 7) is 0.450. The maximum absolute atomic E-state index is 12.9. The molecule has 0 spiro atoms. The van der Waals surface area contributed by atoms with Crippen molar-refractivity contribution in [2.24, 2.45) is 5.73 Å². The Hall–Kier alpha value is -3.11. The Morgan fingerprint density at radius 1 is 1.13 bits per heavy atom. The lowest BCUT2D eigenvalue weighted by Gasteiger charge is -2.27. The highest BCUT2D eigenvalue weighted by Gasteiger charge is 2.44. The Bertz CT molecular complexity index is 1130. The molecule has 5 rings (SSSR count). The molecule has 1 fully saturated rings. The summed E-state index contributed by atoms with van der Waals surface area (Å²) in [6, 6.07) is 4.31. The van der Waals surface area contributed by atoms with E-state index in [0.717, 1.165) is 40.6 Å². The normalized spacial score (nSPS) is 22.9. The average Bonchev–Trinajstić information content (AvgIpc) is 3.25. The fourth-order valence-corrected chi connectivity index (χ4v) is 5.38. The van der Waals surface area contributed by atoms with Crippen LogP contribution in [0.15, 0.2) is 18.2 Å². The Labute approximate surface area is 182 Å². The third kappa shape index (κ3) is 3.51. The van der Waals surface area contributed by atoms with Gasteiger partial charge in [0, 0.05) is 23.9 Å². The zero-order valence-corrected chi connectivity index (χ0v) is 17.5. The second-order valence-electron chi connectivity index (χ2n) is 8.07. The Morgan fingerprint density at radius 2 is 1.94 bits per heavy atom. The second kappa shape index (κ2) is 7.54. The fraction of sp³-hybridized carbons (Fsp3) is 0.381. The number of imide groups is 2. The second-order valence-corrected chi connectivity index (χ2v) is 9.16. The van der Waals surface area contributed by atoms with Gasteiger partial charge in [-0.15, -0.1) is 11.3 Å². The average molecular weight is 439 g/mol. The highest BCUT2D eigenvalue weighted by atomic mass is 32.1. The molecule has 2 aliphatic heterocycles. The summed E-state index contributed by atoms with van der Waals surface area (Å²) in [5.41, 5.74) is 8.51. The van der Waals surface area contributed by atoms with Gasteiger partial charge in [-0.25, -0.2) is 4.98 Å². The number of anilines is 1. The van der Waals surface area contributed by atoms with Gasteiger partial charge < -0.3 is 11.1 Å². The van der Waals surface area contributed by atoms with Crippen LogP contribution >= 0.6 is 11.3 Å². The van der Waals surface area contributed by atoms with Crippen LogP contribution in [0, 0.1) is 0 Å². The molecule has 31 heavy (non-hydrogen) atoms. The molecule has 10 heteroatoms. The number of carbonyl (C=O) groups excluding carboxylic acids is 4. The number of amides is 4. The maximum Gasteiger partial charge on any atom is 0.262 e. The first-order chi connectivity index (χ1) is 14.9. The Morgan fingerprint density at radius 3 is 2.74 bits per heavy atom. The molecule has 160 valence electrons. The van der Waals surface area contributed by atoms with Gasteiger partial charge in [0.25, 0.3) is 11.8 Å². The number of piperidine rings is 1. The first kappa shape index (κ1) is 19.8. The van der Waals surface area contributed by atoms with Crippen LogP contribution in [0.4, 0.5) is 5.13 Å². The molecular formula is C21H21N5O4S. The monoisotopic (exact) mass is 439 g/mol. The van der Waals surface area contributed by atoms with E-state index in [4.69, 9.17) is 5.73 Å². The van der Waals surface area contributed by atoms with Gasteiger partial charge in [-0.3, -0.25) is 29.4 Å². The number of hydrogen-bond donors (Lipinski definition) is 3. The fourth-order valence-electron chi connectivity index (χ4n) is 4.28. The van der Waals surface area contributed by atoms with Crippen LogP contribution in [0.25, 0.3) is 0 Å². The van der Waals surface area contributed by atoms with E-state index in [2.05, 4.69) is 15.6 Å². The zero-order chi connectivity index (χ0) is 21.7. The number of fused-ring (bicyclic) bond motifs is 2. The van der Waals surface area contributed by atoms with E-state index in [0.29, 0.717) is 6.54 Å². The van der Waals surface area contributed by atoms with E-state index in [-0.39, 0.29) is 30.0 Å². The molecule has 0 bridgehead atoms. The van der Waals surface area contributed by atoms with Gasteiger partial charge in [0.15, 0.2) is 5.13 Å². The molecule has 1 saturated heterocycles. The minimum atomic E-state index is -0.959. The summed E-state index contributed by atoms with van der Waals surface area (Å²) in [7, 11) is 0.